The lowest BCUT2D eigenvalue weighted by Crippen LogP contribution is -2.29. The van der Waals surface area contributed by atoms with E-state index in [2.05, 4.69) is 9.97 Å². The quantitative estimate of drug-likeness (QED) is 0.242. The molecule has 1 aromatic carbocycles. The fraction of sp³-hybridized carbons (Fsp3) is 0.231. The molecule has 3 aromatic rings. The van der Waals surface area contributed by atoms with Gasteiger partial charge in [0.1, 0.15) is 17.2 Å². The van der Waals surface area contributed by atoms with Gasteiger partial charge in [0, 0.05) is 35.8 Å². The molecule has 9 heteroatoms. The summed E-state index contributed by atoms with van der Waals surface area (Å²) in [4.78, 5) is 47.2. The van der Waals surface area contributed by atoms with Crippen LogP contribution in [0.15, 0.2) is 54.4 Å². The van der Waals surface area contributed by atoms with E-state index in [0.29, 0.717) is 22.6 Å². The summed E-state index contributed by atoms with van der Waals surface area (Å²) in [6.07, 6.45) is 3.23. The first-order valence-electron chi connectivity index (χ1n) is 10.9. The zero-order valence-corrected chi connectivity index (χ0v) is 19.8. The molecule has 0 aliphatic carbocycles. The summed E-state index contributed by atoms with van der Waals surface area (Å²) in [7, 11) is 2.75. The van der Waals surface area contributed by atoms with E-state index < -0.39 is 23.7 Å². The van der Waals surface area contributed by atoms with Crippen LogP contribution >= 0.6 is 0 Å². The lowest BCUT2D eigenvalue weighted by molar-refractivity contribution is -0.140. The number of likely N-dealkylation sites (tertiary alicyclic amines) is 1. The lowest BCUT2D eigenvalue weighted by Gasteiger charge is -2.26. The van der Waals surface area contributed by atoms with Gasteiger partial charge in [0.2, 0.25) is 0 Å². The van der Waals surface area contributed by atoms with Crippen LogP contribution in [-0.2, 0) is 20.9 Å². The second-order valence-corrected chi connectivity index (χ2v) is 8.15. The molecule has 1 amide bonds. The summed E-state index contributed by atoms with van der Waals surface area (Å²) in [6, 6.07) is 9.63. The van der Waals surface area contributed by atoms with Crippen molar-refractivity contribution in [3.05, 3.63) is 88.0 Å². The number of ketones is 1. The van der Waals surface area contributed by atoms with Crippen molar-refractivity contribution < 1.29 is 29.0 Å². The summed E-state index contributed by atoms with van der Waals surface area (Å²) in [5, 5.41) is 11.5. The van der Waals surface area contributed by atoms with E-state index in [9.17, 15) is 19.5 Å². The van der Waals surface area contributed by atoms with Crippen LogP contribution in [0.3, 0.4) is 0 Å². The van der Waals surface area contributed by atoms with Gasteiger partial charge in [0.05, 0.1) is 25.8 Å². The number of hydrogen-bond acceptors (Lipinski definition) is 7. The highest BCUT2D eigenvalue weighted by atomic mass is 16.5. The summed E-state index contributed by atoms with van der Waals surface area (Å²) in [5.74, 6) is -2.12. The van der Waals surface area contributed by atoms with E-state index in [4.69, 9.17) is 9.47 Å². The van der Waals surface area contributed by atoms with Gasteiger partial charge in [-0.15, -0.1) is 0 Å². The summed E-state index contributed by atoms with van der Waals surface area (Å²) < 4.78 is 10.3. The van der Waals surface area contributed by atoms with Crippen molar-refractivity contribution in [2.75, 3.05) is 14.2 Å². The molecule has 1 fully saturated rings. The SMILES string of the molecule is COC(=O)c1[nH]c(C)c(C(O)=C2C(=O)C(=O)N(Cc3cccnc3)[C@H]2c2ccccc2OC)c1C. The first kappa shape index (κ1) is 23.7. The van der Waals surface area contributed by atoms with Crippen molar-refractivity contribution in [3.63, 3.8) is 0 Å². The highest BCUT2D eigenvalue weighted by Crippen LogP contribution is 2.44. The number of carbonyl (C=O) groups excluding carboxylic acids is 3. The molecule has 180 valence electrons. The Balaban J connectivity index is 1.95. The number of aromatic nitrogens is 2. The fourth-order valence-corrected chi connectivity index (χ4v) is 4.49. The number of rotatable bonds is 6. The van der Waals surface area contributed by atoms with Crippen LogP contribution in [0.25, 0.3) is 5.76 Å². The number of H-pyrrole nitrogens is 1. The highest BCUT2D eigenvalue weighted by molar-refractivity contribution is 6.46. The Bertz CT molecular complexity index is 1340. The molecule has 2 aromatic heterocycles. The molecular weight excluding hydrogens is 450 g/mol. The Morgan fingerprint density at radius 2 is 1.89 bits per heavy atom. The monoisotopic (exact) mass is 475 g/mol. The average molecular weight is 476 g/mol. The van der Waals surface area contributed by atoms with E-state index >= 15 is 0 Å². The number of benzene rings is 1. The van der Waals surface area contributed by atoms with Crippen molar-refractivity contribution in [3.8, 4) is 5.75 Å². The number of amides is 1. The van der Waals surface area contributed by atoms with Gasteiger partial charge < -0.3 is 24.5 Å². The number of methoxy groups -OCH3 is 2. The third kappa shape index (κ3) is 4.05. The molecule has 3 heterocycles. The molecule has 35 heavy (non-hydrogen) atoms. The van der Waals surface area contributed by atoms with E-state index in [1.165, 1.54) is 19.1 Å². The van der Waals surface area contributed by atoms with Gasteiger partial charge in [-0.1, -0.05) is 24.3 Å². The van der Waals surface area contributed by atoms with Crippen LogP contribution < -0.4 is 4.74 Å². The van der Waals surface area contributed by atoms with Gasteiger partial charge in [-0.3, -0.25) is 14.6 Å². The standard InChI is InChI=1S/C26H25N3O6/c1-14-19(15(2)28-21(14)26(33)35-4)23(30)20-22(17-9-5-6-10-18(17)34-3)29(25(32)24(20)31)13-16-8-7-11-27-12-16/h5-12,22,28,30H,13H2,1-4H3/t22-/m0/s1. The molecule has 0 unspecified atom stereocenters. The maximum atomic E-state index is 13.4. The maximum Gasteiger partial charge on any atom is 0.354 e. The second-order valence-electron chi connectivity index (χ2n) is 8.15. The Morgan fingerprint density at radius 1 is 1.14 bits per heavy atom. The number of nitrogens with zero attached hydrogens (tertiary/aromatic N) is 2. The average Bonchev–Trinajstić information content (AvgIpc) is 3.31. The summed E-state index contributed by atoms with van der Waals surface area (Å²) >= 11 is 0. The van der Waals surface area contributed by atoms with Crippen molar-refractivity contribution in [2.45, 2.75) is 26.4 Å². The third-order valence-corrected chi connectivity index (χ3v) is 6.11. The van der Waals surface area contributed by atoms with Crippen LogP contribution in [0.2, 0.25) is 0 Å². The van der Waals surface area contributed by atoms with E-state index in [-0.39, 0.29) is 29.1 Å². The maximum absolute atomic E-state index is 13.4. The zero-order valence-electron chi connectivity index (χ0n) is 19.8. The topological polar surface area (TPSA) is 122 Å². The number of aromatic amines is 1. The van der Waals surface area contributed by atoms with E-state index in [1.807, 2.05) is 0 Å². The Labute approximate surface area is 202 Å². The molecule has 0 bridgehead atoms. The first-order chi connectivity index (χ1) is 16.8. The predicted octanol–water partition coefficient (Wildman–Crippen LogP) is 3.44. The number of nitrogens with one attached hydrogen (secondary N) is 1. The predicted molar refractivity (Wildman–Crippen MR) is 127 cm³/mol. The molecule has 0 saturated carbocycles. The molecular formula is C26H25N3O6. The van der Waals surface area contributed by atoms with Gasteiger partial charge in [-0.05, 0) is 37.1 Å². The molecule has 9 nitrogen and oxygen atoms in total. The van der Waals surface area contributed by atoms with E-state index in [0.717, 1.165) is 5.56 Å². The number of carbonyl (C=O) groups is 3. The number of ether oxygens (including phenoxy) is 2. The van der Waals surface area contributed by atoms with Gasteiger partial charge in [0.25, 0.3) is 11.7 Å². The van der Waals surface area contributed by atoms with Crippen LogP contribution in [0.5, 0.6) is 5.75 Å². The number of esters is 1. The van der Waals surface area contributed by atoms with Crippen molar-refractivity contribution in [1.82, 2.24) is 14.9 Å². The third-order valence-electron chi connectivity index (χ3n) is 6.11. The first-order valence-corrected chi connectivity index (χ1v) is 10.9. The molecule has 2 N–H and O–H groups in total. The molecule has 1 saturated heterocycles. The number of hydrogen-bond donors (Lipinski definition) is 2. The molecule has 0 radical (unpaired) electrons. The molecule has 1 atom stereocenters. The largest absolute Gasteiger partial charge is 0.507 e. The second kappa shape index (κ2) is 9.46. The number of para-hydroxylation sites is 1. The molecule has 0 spiro atoms. The van der Waals surface area contributed by atoms with Crippen LogP contribution in [0.4, 0.5) is 0 Å². The van der Waals surface area contributed by atoms with Gasteiger partial charge in [-0.25, -0.2) is 4.79 Å². The number of aryl methyl sites for hydroxylation is 1. The minimum absolute atomic E-state index is 0.0926. The minimum atomic E-state index is -0.929. The van der Waals surface area contributed by atoms with Crippen LogP contribution in [-0.4, -0.2) is 51.9 Å². The van der Waals surface area contributed by atoms with Gasteiger partial charge >= 0.3 is 5.97 Å². The van der Waals surface area contributed by atoms with Gasteiger partial charge in [0.15, 0.2) is 0 Å². The molecule has 1 aliphatic heterocycles. The number of aliphatic hydroxyl groups is 1. The van der Waals surface area contributed by atoms with Crippen molar-refractivity contribution in [1.29, 1.82) is 0 Å². The normalized spacial score (nSPS) is 17.0. The Morgan fingerprint density at radius 3 is 2.54 bits per heavy atom. The van der Waals surface area contributed by atoms with Crippen molar-refractivity contribution >= 4 is 23.4 Å². The number of pyridine rings is 1. The van der Waals surface area contributed by atoms with E-state index in [1.54, 1.807) is 62.6 Å². The minimum Gasteiger partial charge on any atom is -0.507 e. The summed E-state index contributed by atoms with van der Waals surface area (Å²) in [5.41, 5.74) is 2.45. The number of aliphatic hydroxyl groups excluding tert-OH is 1. The van der Waals surface area contributed by atoms with Gasteiger partial charge in [-0.2, -0.15) is 0 Å². The molecule has 1 aliphatic rings. The van der Waals surface area contributed by atoms with Crippen LogP contribution in [0, 0.1) is 13.8 Å². The zero-order chi connectivity index (χ0) is 25.3. The van der Waals surface area contributed by atoms with Crippen molar-refractivity contribution in [2.24, 2.45) is 0 Å². The highest BCUT2D eigenvalue weighted by Gasteiger charge is 2.47. The fourth-order valence-electron chi connectivity index (χ4n) is 4.49. The van der Waals surface area contributed by atoms with Crippen LogP contribution in [0.1, 0.15) is 44.5 Å². The number of Topliss-reactive ketones (excluding diaryl/α,β-unsaturated/α-hetero) is 1. The smallest absolute Gasteiger partial charge is 0.354 e. The Kier molecular flexibility index (Phi) is 6.42. The molecule has 4 rings (SSSR count). The summed E-state index contributed by atoms with van der Waals surface area (Å²) in [6.45, 7) is 3.39. The Hall–Kier alpha value is -4.40. The lowest BCUT2D eigenvalue weighted by atomic mass is 9.93.